The van der Waals surface area contributed by atoms with E-state index in [-0.39, 0.29) is 44.6 Å². The van der Waals surface area contributed by atoms with Crippen molar-refractivity contribution in [2.24, 2.45) is 23.2 Å². The molecule has 10 heteroatoms. The number of rotatable bonds is 13. The van der Waals surface area contributed by atoms with Gasteiger partial charge in [0.05, 0.1) is 12.1 Å². The fourth-order valence-corrected chi connectivity index (χ4v) is 6.63. The number of nitrogens with zero attached hydrogens (tertiary/aromatic N) is 1. The smallest absolute Gasteiger partial charge is 0.408 e. The number of ether oxygens (including phenoxy) is 1. The molecule has 6 atom stereocenters. The van der Waals surface area contributed by atoms with Crippen molar-refractivity contribution < 1.29 is 37.5 Å². The number of hydrogen-bond donors (Lipinski definition) is 1. The van der Waals surface area contributed by atoms with Gasteiger partial charge in [-0.2, -0.15) is 0 Å². The quantitative estimate of drug-likeness (QED) is 0.267. The van der Waals surface area contributed by atoms with Crippen molar-refractivity contribution in [1.82, 2.24) is 10.2 Å². The van der Waals surface area contributed by atoms with Crippen LogP contribution in [0.3, 0.4) is 0 Å². The summed E-state index contributed by atoms with van der Waals surface area (Å²) < 4.78 is 35.2. The number of ketones is 3. The van der Waals surface area contributed by atoms with Crippen molar-refractivity contribution >= 4 is 29.4 Å². The normalized spacial score (nSPS) is 23.0. The summed E-state index contributed by atoms with van der Waals surface area (Å²) in [6.07, 6.45) is -1.10. The lowest BCUT2D eigenvalue weighted by Gasteiger charge is -2.36. The number of likely N-dealkylation sites (tertiary alicyclic amines) is 1. The van der Waals surface area contributed by atoms with E-state index in [1.165, 1.54) is 4.90 Å². The lowest BCUT2D eigenvalue weighted by molar-refractivity contribution is -0.144. The maximum Gasteiger partial charge on any atom is 0.408 e. The minimum atomic E-state index is -3.05. The highest BCUT2D eigenvalue weighted by Crippen LogP contribution is 2.52. The maximum absolute atomic E-state index is 15.0. The van der Waals surface area contributed by atoms with Crippen LogP contribution >= 0.6 is 0 Å². The van der Waals surface area contributed by atoms with E-state index >= 15 is 8.78 Å². The van der Waals surface area contributed by atoms with Crippen LogP contribution in [0.15, 0.2) is 30.3 Å². The number of benzene rings is 1. The van der Waals surface area contributed by atoms with Crippen LogP contribution in [0.25, 0.3) is 0 Å². The largest absolute Gasteiger partial charge is 0.447 e. The number of halogens is 2. The van der Waals surface area contributed by atoms with Gasteiger partial charge in [-0.15, -0.1) is 0 Å². The van der Waals surface area contributed by atoms with E-state index in [0.29, 0.717) is 6.42 Å². The molecule has 1 saturated heterocycles. The average Bonchev–Trinajstić information content (AvgIpc) is 3.47. The van der Waals surface area contributed by atoms with Crippen LogP contribution in [0.2, 0.25) is 0 Å². The van der Waals surface area contributed by atoms with Gasteiger partial charge in [-0.1, -0.05) is 71.4 Å². The fourth-order valence-electron chi connectivity index (χ4n) is 6.63. The minimum absolute atomic E-state index is 0.00633. The zero-order valence-corrected chi connectivity index (χ0v) is 27.0. The summed E-state index contributed by atoms with van der Waals surface area (Å²) in [4.78, 5) is 68.2. The Morgan fingerprint density at radius 3 is 2.25 bits per heavy atom. The summed E-state index contributed by atoms with van der Waals surface area (Å²) in [6, 6.07) is 7.03. The Kier molecular flexibility index (Phi) is 11.5. The Bertz CT molecular complexity index is 1210. The molecule has 44 heavy (non-hydrogen) atoms. The van der Waals surface area contributed by atoms with Crippen molar-refractivity contribution in [2.45, 2.75) is 117 Å². The first-order chi connectivity index (χ1) is 20.5. The van der Waals surface area contributed by atoms with Crippen molar-refractivity contribution in [3.8, 4) is 0 Å². The van der Waals surface area contributed by atoms with E-state index in [1.807, 2.05) is 44.2 Å². The third-order valence-corrected chi connectivity index (χ3v) is 8.93. The number of nitrogens with one attached hydrogen (secondary N) is 1. The van der Waals surface area contributed by atoms with E-state index in [0.717, 1.165) is 5.56 Å². The Labute approximate surface area is 259 Å². The number of alkyl carbamates (subject to hydrolysis) is 1. The molecule has 1 aliphatic heterocycles. The molecule has 1 aromatic carbocycles. The first-order valence-electron chi connectivity index (χ1n) is 15.8. The van der Waals surface area contributed by atoms with Crippen LogP contribution in [0.4, 0.5) is 13.6 Å². The number of alkyl halides is 2. The molecule has 0 spiro atoms. The molecule has 0 bridgehead atoms. The molecule has 0 radical (unpaired) electrons. The first-order valence-corrected chi connectivity index (χ1v) is 15.8. The van der Waals surface area contributed by atoms with Crippen molar-refractivity contribution in [3.05, 3.63) is 35.9 Å². The molecule has 3 rings (SSSR count). The number of amides is 2. The van der Waals surface area contributed by atoms with Crippen molar-refractivity contribution in [2.75, 3.05) is 6.54 Å². The molecule has 2 unspecified atom stereocenters. The zero-order valence-electron chi connectivity index (χ0n) is 27.0. The van der Waals surface area contributed by atoms with Crippen LogP contribution in [0.5, 0.6) is 0 Å². The second kappa shape index (κ2) is 14.3. The van der Waals surface area contributed by atoms with Gasteiger partial charge in [-0.05, 0) is 49.5 Å². The van der Waals surface area contributed by atoms with E-state index in [4.69, 9.17) is 4.74 Å². The Balaban J connectivity index is 1.86. The van der Waals surface area contributed by atoms with Crippen LogP contribution in [0, 0.1) is 23.2 Å². The third kappa shape index (κ3) is 8.30. The van der Waals surface area contributed by atoms with Crippen LogP contribution in [0.1, 0.15) is 98.5 Å². The van der Waals surface area contributed by atoms with Gasteiger partial charge < -0.3 is 15.0 Å². The van der Waals surface area contributed by atoms with Gasteiger partial charge in [-0.25, -0.2) is 13.6 Å². The highest BCUT2D eigenvalue weighted by Gasteiger charge is 2.61. The second-order valence-corrected chi connectivity index (χ2v) is 13.9. The van der Waals surface area contributed by atoms with Gasteiger partial charge in [-0.3, -0.25) is 19.2 Å². The van der Waals surface area contributed by atoms with E-state index < -0.39 is 76.6 Å². The molecule has 1 saturated carbocycles. The monoisotopic (exact) mass is 618 g/mol. The van der Waals surface area contributed by atoms with E-state index in [2.05, 4.69) is 5.32 Å². The summed E-state index contributed by atoms with van der Waals surface area (Å²) in [5.41, 5.74) is 0.0908. The van der Waals surface area contributed by atoms with Crippen LogP contribution in [-0.2, 0) is 23.9 Å². The summed E-state index contributed by atoms with van der Waals surface area (Å²) in [5, 5.41) is 2.59. The van der Waals surface area contributed by atoms with Gasteiger partial charge in [0.1, 0.15) is 6.04 Å². The number of Topliss-reactive ketones (excluding diaryl/α,β-unsaturated/α-hetero) is 3. The predicted molar refractivity (Wildman–Crippen MR) is 162 cm³/mol. The fraction of sp³-hybridized carbons (Fsp3) is 0.676. The van der Waals surface area contributed by atoms with Crippen LogP contribution in [-0.4, -0.2) is 64.9 Å². The highest BCUT2D eigenvalue weighted by molar-refractivity contribution is 6.38. The summed E-state index contributed by atoms with van der Waals surface area (Å²) in [7, 11) is 0. The summed E-state index contributed by atoms with van der Waals surface area (Å²) in [5.74, 6) is -8.51. The van der Waals surface area contributed by atoms with Gasteiger partial charge >= 0.3 is 6.09 Å². The average molecular weight is 619 g/mol. The molecule has 1 aromatic rings. The molecule has 8 nitrogen and oxygen atoms in total. The molecule has 2 amide bonds. The van der Waals surface area contributed by atoms with E-state index in [9.17, 15) is 24.0 Å². The topological polar surface area (TPSA) is 110 Å². The zero-order chi connectivity index (χ0) is 33.0. The third-order valence-electron chi connectivity index (χ3n) is 8.93. The van der Waals surface area contributed by atoms with E-state index in [1.54, 1.807) is 34.6 Å². The molecule has 244 valence electrons. The lowest BCUT2D eigenvalue weighted by Crippen LogP contribution is -2.57. The molecule has 0 aromatic heterocycles. The van der Waals surface area contributed by atoms with Gasteiger partial charge in [0.25, 0.3) is 5.92 Å². The summed E-state index contributed by atoms with van der Waals surface area (Å²) in [6.45, 7) is 11.9. The SMILES string of the molecule is CCCC(CC(=O)[C@@H]1[C@H]2CCC(F)(F)C2CN1C(=O)[C@@H](NC(=O)OC(C)C)C(C)(C)C)C(=O)C(=O)C[C@H](C)c1ccccc1. The Hall–Kier alpha value is -3.17. The highest BCUT2D eigenvalue weighted by atomic mass is 19.3. The standard InChI is InChI=1S/C34H48F2N2O6/c1-8-12-23(29(41)27(40)17-21(4)22-13-10-9-11-14-22)18-26(39)28-24-15-16-34(35,36)25(24)19-38(28)31(42)30(33(5,6)7)37-32(43)44-20(2)3/h9-11,13-14,20-21,23-25,28,30H,8,12,15-19H2,1-7H3,(H,37,43)/t21-,23?,24-,25?,28-,30+/m0/s1. The van der Waals surface area contributed by atoms with Gasteiger partial charge in [0, 0.05) is 37.6 Å². The maximum atomic E-state index is 15.0. The number of fused-ring (bicyclic) bond motifs is 1. The van der Waals surface area contributed by atoms with Crippen LogP contribution < -0.4 is 5.32 Å². The van der Waals surface area contributed by atoms with Crippen molar-refractivity contribution in [3.63, 3.8) is 0 Å². The lowest BCUT2D eigenvalue weighted by atomic mass is 9.82. The first kappa shape index (κ1) is 35.3. The summed E-state index contributed by atoms with van der Waals surface area (Å²) >= 11 is 0. The van der Waals surface area contributed by atoms with Crippen molar-refractivity contribution in [1.29, 1.82) is 0 Å². The molecule has 1 aliphatic carbocycles. The molecule has 1 N–H and O–H groups in total. The van der Waals surface area contributed by atoms with Gasteiger partial charge in [0.15, 0.2) is 11.6 Å². The second-order valence-electron chi connectivity index (χ2n) is 13.9. The molecule has 2 fully saturated rings. The molecule has 1 heterocycles. The molecular weight excluding hydrogens is 570 g/mol. The molecular formula is C34H48F2N2O6. The van der Waals surface area contributed by atoms with Gasteiger partial charge in [0.2, 0.25) is 11.7 Å². The predicted octanol–water partition coefficient (Wildman–Crippen LogP) is 6.12. The molecule has 2 aliphatic rings. The number of carbonyl (C=O) groups is 5. The minimum Gasteiger partial charge on any atom is -0.447 e. The Morgan fingerprint density at radius 2 is 1.68 bits per heavy atom. The number of carbonyl (C=O) groups excluding carboxylic acids is 5. The number of hydrogen-bond acceptors (Lipinski definition) is 6. The Morgan fingerprint density at radius 1 is 1.05 bits per heavy atom.